The predicted molar refractivity (Wildman–Crippen MR) is 145 cm³/mol. The van der Waals surface area contributed by atoms with E-state index >= 15 is 0 Å². The third-order valence-electron chi connectivity index (χ3n) is 6.20. The van der Waals surface area contributed by atoms with E-state index in [1.165, 1.54) is 18.2 Å². The molecule has 0 aliphatic rings. The van der Waals surface area contributed by atoms with Crippen molar-refractivity contribution in [1.82, 2.24) is 0 Å². The fraction of sp³-hybridized carbons (Fsp3) is 0.643. The number of hydrogen-bond acceptors (Lipinski definition) is 11. The monoisotopic (exact) mass is 569 g/mol. The summed E-state index contributed by atoms with van der Waals surface area (Å²) in [6.07, 6.45) is -0.120. The largest absolute Gasteiger partial charge is 0.514 e. The number of ether oxygens (including phenoxy) is 6. The van der Waals surface area contributed by atoms with E-state index in [-0.39, 0.29) is 24.7 Å². The number of rotatable bonds is 16. The number of carbonyl (C=O) groups is 4. The highest BCUT2D eigenvalue weighted by atomic mass is 16.8. The van der Waals surface area contributed by atoms with Crippen LogP contribution in [0, 0.1) is 5.92 Å². The summed E-state index contributed by atoms with van der Waals surface area (Å²) in [5.74, 6) is -3.16. The summed E-state index contributed by atoms with van der Waals surface area (Å²) in [5, 5.41) is 9.68. The second-order valence-electron chi connectivity index (χ2n) is 9.57. The average Bonchev–Trinajstić information content (AvgIpc) is 2.90. The van der Waals surface area contributed by atoms with Gasteiger partial charge in [0.15, 0.2) is 11.5 Å². The molecule has 226 valence electrons. The summed E-state index contributed by atoms with van der Waals surface area (Å²) >= 11 is 0. The minimum atomic E-state index is -1.42. The Morgan fingerprint density at radius 3 is 1.93 bits per heavy atom. The zero-order valence-corrected chi connectivity index (χ0v) is 24.2. The van der Waals surface area contributed by atoms with Crippen molar-refractivity contribution in [3.05, 3.63) is 23.8 Å². The molecule has 12 heteroatoms. The van der Waals surface area contributed by atoms with Crippen molar-refractivity contribution in [2.24, 2.45) is 11.7 Å². The summed E-state index contributed by atoms with van der Waals surface area (Å²) in [5.41, 5.74) is 6.36. The lowest BCUT2D eigenvalue weighted by Gasteiger charge is -2.28. The summed E-state index contributed by atoms with van der Waals surface area (Å²) < 4.78 is 31.1. The molecule has 3 N–H and O–H groups in total. The van der Waals surface area contributed by atoms with Crippen LogP contribution in [0.2, 0.25) is 0 Å². The van der Waals surface area contributed by atoms with E-state index in [1.807, 2.05) is 20.8 Å². The maximum absolute atomic E-state index is 12.4. The van der Waals surface area contributed by atoms with Crippen LogP contribution < -0.4 is 15.2 Å². The molecule has 0 heterocycles. The standard InChI is InChI=1S/C28H43NO11/c1-7-10-11-14-35-26(32)36-16-17(4)23(24(29)25(30)31)20-12-13-21(39-27(33)37-18(5)8-2)22(15-20)40-28(34)38-19(6)9-3/h12-13,15,17-19,23-24H,7-11,14,16,29H2,1-6H3,(H,30,31)/t17?,18?,19?,23?,24-/m0/s1. The lowest BCUT2D eigenvalue weighted by atomic mass is 9.82. The zero-order chi connectivity index (χ0) is 30.2. The Morgan fingerprint density at radius 1 is 0.825 bits per heavy atom. The molecule has 12 nitrogen and oxygen atoms in total. The van der Waals surface area contributed by atoms with E-state index in [0.717, 1.165) is 12.8 Å². The number of unbranched alkanes of at least 4 members (excludes halogenated alkanes) is 2. The van der Waals surface area contributed by atoms with Crippen molar-refractivity contribution < 1.29 is 52.7 Å². The van der Waals surface area contributed by atoms with Gasteiger partial charge in [-0.1, -0.05) is 46.6 Å². The first-order valence-corrected chi connectivity index (χ1v) is 13.6. The smallest absolute Gasteiger partial charge is 0.480 e. The van der Waals surface area contributed by atoms with Gasteiger partial charge in [0.1, 0.15) is 18.2 Å². The van der Waals surface area contributed by atoms with Crippen LogP contribution in [-0.4, -0.2) is 61.0 Å². The number of benzene rings is 1. The van der Waals surface area contributed by atoms with Crippen molar-refractivity contribution in [3.8, 4) is 11.5 Å². The van der Waals surface area contributed by atoms with Crippen molar-refractivity contribution in [2.45, 2.75) is 97.8 Å². The Kier molecular flexibility index (Phi) is 15.5. The molecule has 0 aliphatic carbocycles. The summed E-state index contributed by atoms with van der Waals surface area (Å²) in [6, 6.07) is 2.72. The fourth-order valence-electron chi connectivity index (χ4n) is 3.51. The Morgan fingerprint density at radius 2 is 1.40 bits per heavy atom. The van der Waals surface area contributed by atoms with E-state index in [1.54, 1.807) is 20.8 Å². The minimum absolute atomic E-state index is 0.152. The number of carboxylic acid groups (broad SMARTS) is 1. The molecule has 0 saturated carbocycles. The van der Waals surface area contributed by atoms with Crippen molar-refractivity contribution >= 4 is 24.4 Å². The highest BCUT2D eigenvalue weighted by molar-refractivity contribution is 5.75. The molecule has 4 unspecified atom stereocenters. The van der Waals surface area contributed by atoms with Gasteiger partial charge in [0.2, 0.25) is 0 Å². The molecule has 5 atom stereocenters. The molecule has 1 rings (SSSR count). The highest BCUT2D eigenvalue weighted by Gasteiger charge is 2.33. The molecule has 0 bridgehead atoms. The fourth-order valence-corrected chi connectivity index (χ4v) is 3.51. The number of hydrogen-bond donors (Lipinski definition) is 2. The molecule has 0 saturated heterocycles. The topological polar surface area (TPSA) is 170 Å². The van der Waals surface area contributed by atoms with E-state index < -0.39 is 54.5 Å². The molecule has 0 fully saturated rings. The number of nitrogens with two attached hydrogens (primary N) is 1. The van der Waals surface area contributed by atoms with Crippen LogP contribution in [0.4, 0.5) is 14.4 Å². The molecular weight excluding hydrogens is 526 g/mol. The normalized spacial score (nSPS) is 14.6. The van der Waals surface area contributed by atoms with E-state index in [9.17, 15) is 24.3 Å². The Balaban J connectivity index is 3.26. The van der Waals surface area contributed by atoms with Crippen molar-refractivity contribution in [1.29, 1.82) is 0 Å². The van der Waals surface area contributed by atoms with E-state index in [2.05, 4.69) is 0 Å². The van der Waals surface area contributed by atoms with Crippen LogP contribution in [0.5, 0.6) is 11.5 Å². The molecular formula is C28H43NO11. The number of carbonyl (C=O) groups excluding carboxylic acids is 3. The Labute approximate surface area is 235 Å². The highest BCUT2D eigenvalue weighted by Crippen LogP contribution is 2.36. The first kappa shape index (κ1) is 34.5. The molecule has 0 aromatic heterocycles. The zero-order valence-electron chi connectivity index (χ0n) is 24.2. The van der Waals surface area contributed by atoms with Crippen LogP contribution in [-0.2, 0) is 23.7 Å². The van der Waals surface area contributed by atoms with Crippen LogP contribution in [0.1, 0.15) is 85.1 Å². The van der Waals surface area contributed by atoms with Crippen LogP contribution in [0.15, 0.2) is 18.2 Å². The second kappa shape index (κ2) is 17.9. The second-order valence-corrected chi connectivity index (χ2v) is 9.57. The third-order valence-corrected chi connectivity index (χ3v) is 6.20. The third kappa shape index (κ3) is 12.1. The van der Waals surface area contributed by atoms with Crippen molar-refractivity contribution in [2.75, 3.05) is 13.2 Å². The van der Waals surface area contributed by atoms with Gasteiger partial charge in [0, 0.05) is 5.92 Å². The number of carboxylic acids is 1. The van der Waals surface area contributed by atoms with Gasteiger partial charge in [-0.05, 0) is 56.7 Å². The van der Waals surface area contributed by atoms with Crippen LogP contribution >= 0.6 is 0 Å². The summed E-state index contributed by atoms with van der Waals surface area (Å²) in [6.45, 7) is 10.7. The van der Waals surface area contributed by atoms with Crippen LogP contribution in [0.3, 0.4) is 0 Å². The van der Waals surface area contributed by atoms with E-state index in [4.69, 9.17) is 34.2 Å². The molecule has 0 amide bonds. The molecule has 1 aromatic rings. The SMILES string of the molecule is CCCCCOC(=O)OCC(C)C(c1ccc(OC(=O)OC(C)CC)c(OC(=O)OC(C)CC)c1)[C@H](N)C(=O)O. The molecule has 40 heavy (non-hydrogen) atoms. The molecule has 0 aliphatic heterocycles. The van der Waals surface area contributed by atoms with Gasteiger partial charge in [-0.15, -0.1) is 0 Å². The average molecular weight is 570 g/mol. The van der Waals surface area contributed by atoms with Gasteiger partial charge in [-0.2, -0.15) is 0 Å². The predicted octanol–water partition coefficient (Wildman–Crippen LogP) is 5.79. The van der Waals surface area contributed by atoms with Gasteiger partial charge < -0.3 is 39.3 Å². The quantitative estimate of drug-likeness (QED) is 0.106. The Hall–Kier alpha value is -3.54. The maximum Gasteiger partial charge on any atom is 0.514 e. The van der Waals surface area contributed by atoms with Gasteiger partial charge >= 0.3 is 24.4 Å². The minimum Gasteiger partial charge on any atom is -0.480 e. The van der Waals surface area contributed by atoms with Gasteiger partial charge in [0.05, 0.1) is 13.2 Å². The van der Waals surface area contributed by atoms with Crippen molar-refractivity contribution in [3.63, 3.8) is 0 Å². The number of aliphatic carboxylic acids is 1. The summed E-state index contributed by atoms with van der Waals surface area (Å²) in [7, 11) is 0. The first-order chi connectivity index (χ1) is 18.9. The lowest BCUT2D eigenvalue weighted by Crippen LogP contribution is -2.40. The molecule has 1 aromatic carbocycles. The molecule has 0 radical (unpaired) electrons. The lowest BCUT2D eigenvalue weighted by molar-refractivity contribution is -0.139. The maximum atomic E-state index is 12.4. The Bertz CT molecular complexity index is 968. The first-order valence-electron chi connectivity index (χ1n) is 13.6. The van der Waals surface area contributed by atoms with Gasteiger partial charge in [0.25, 0.3) is 0 Å². The van der Waals surface area contributed by atoms with E-state index in [0.29, 0.717) is 24.8 Å². The van der Waals surface area contributed by atoms with Crippen LogP contribution in [0.25, 0.3) is 0 Å². The van der Waals surface area contributed by atoms with Gasteiger partial charge in [-0.25, -0.2) is 14.4 Å². The molecule has 0 spiro atoms. The van der Waals surface area contributed by atoms with Gasteiger partial charge in [-0.3, -0.25) is 4.79 Å². The summed E-state index contributed by atoms with van der Waals surface area (Å²) in [4.78, 5) is 48.5.